The molecule has 0 fully saturated rings. The van der Waals surface area contributed by atoms with Crippen LogP contribution >= 0.6 is 0 Å². The highest BCUT2D eigenvalue weighted by Crippen LogP contribution is 2.13. The molecule has 28 heavy (non-hydrogen) atoms. The second kappa shape index (κ2) is 9.45. The largest absolute Gasteiger partial charge is 0.497 e. The highest BCUT2D eigenvalue weighted by atomic mass is 16.5. The number of hydrogen-bond acceptors (Lipinski definition) is 6. The molecule has 144 valence electrons. The first-order valence-corrected chi connectivity index (χ1v) is 9.03. The maximum atomic E-state index is 12.4. The van der Waals surface area contributed by atoms with Gasteiger partial charge in [0.2, 0.25) is 0 Å². The second-order valence-corrected chi connectivity index (χ2v) is 6.26. The van der Waals surface area contributed by atoms with Gasteiger partial charge in [-0.25, -0.2) is 9.97 Å². The van der Waals surface area contributed by atoms with Gasteiger partial charge in [-0.1, -0.05) is 18.2 Å². The molecular formula is C21H23N5O2. The summed E-state index contributed by atoms with van der Waals surface area (Å²) in [4.78, 5) is 25.1. The van der Waals surface area contributed by atoms with Crippen LogP contribution in [0.5, 0.6) is 5.75 Å². The van der Waals surface area contributed by atoms with Crippen LogP contribution in [-0.2, 0) is 13.0 Å². The summed E-state index contributed by atoms with van der Waals surface area (Å²) < 4.78 is 5.24. The number of pyridine rings is 1. The maximum Gasteiger partial charge on any atom is 0.270 e. The monoisotopic (exact) mass is 377 g/mol. The first kappa shape index (κ1) is 19.3. The van der Waals surface area contributed by atoms with Crippen molar-refractivity contribution in [2.45, 2.75) is 19.9 Å². The molecule has 0 atom stereocenters. The van der Waals surface area contributed by atoms with Crippen LogP contribution in [0.2, 0.25) is 0 Å². The molecule has 0 aliphatic heterocycles. The maximum absolute atomic E-state index is 12.4. The Morgan fingerprint density at radius 1 is 1.11 bits per heavy atom. The predicted molar refractivity (Wildman–Crippen MR) is 107 cm³/mol. The molecule has 0 aliphatic rings. The topological polar surface area (TPSA) is 89.0 Å². The summed E-state index contributed by atoms with van der Waals surface area (Å²) in [5.74, 6) is 1.76. The van der Waals surface area contributed by atoms with Gasteiger partial charge in [-0.2, -0.15) is 0 Å². The molecule has 0 saturated carbocycles. The number of aromatic nitrogens is 3. The van der Waals surface area contributed by atoms with Crippen LogP contribution in [0.4, 0.5) is 5.82 Å². The van der Waals surface area contributed by atoms with E-state index in [1.165, 1.54) is 0 Å². The smallest absolute Gasteiger partial charge is 0.270 e. The van der Waals surface area contributed by atoms with E-state index in [0.29, 0.717) is 30.4 Å². The van der Waals surface area contributed by atoms with Crippen molar-refractivity contribution in [1.29, 1.82) is 0 Å². The standard InChI is InChI=1S/C21H23N5O2/c1-15-25-19(21(27)24-14-17-6-4-9-22-13-17)12-20(26-15)23-10-8-16-5-3-7-18(11-16)28-2/h3-7,9,11-13H,8,10,14H2,1-2H3,(H,24,27)(H,23,25,26). The molecular weight excluding hydrogens is 354 g/mol. The Balaban J connectivity index is 1.58. The molecule has 0 bridgehead atoms. The second-order valence-electron chi connectivity index (χ2n) is 6.26. The Kier molecular flexibility index (Phi) is 6.51. The summed E-state index contributed by atoms with van der Waals surface area (Å²) in [5.41, 5.74) is 2.42. The van der Waals surface area contributed by atoms with Crippen LogP contribution < -0.4 is 15.4 Å². The van der Waals surface area contributed by atoms with Crippen molar-refractivity contribution < 1.29 is 9.53 Å². The molecule has 2 aromatic heterocycles. The average Bonchev–Trinajstić information content (AvgIpc) is 2.72. The van der Waals surface area contributed by atoms with Gasteiger partial charge in [-0.3, -0.25) is 9.78 Å². The van der Waals surface area contributed by atoms with Crippen molar-refractivity contribution in [2.75, 3.05) is 19.0 Å². The van der Waals surface area contributed by atoms with Gasteiger partial charge >= 0.3 is 0 Å². The van der Waals surface area contributed by atoms with Crippen molar-refractivity contribution in [3.05, 3.63) is 77.5 Å². The molecule has 0 spiro atoms. The Morgan fingerprint density at radius 2 is 1.96 bits per heavy atom. The van der Waals surface area contributed by atoms with Crippen molar-refractivity contribution in [1.82, 2.24) is 20.3 Å². The van der Waals surface area contributed by atoms with Gasteiger partial charge in [0.15, 0.2) is 0 Å². The number of carbonyl (C=O) groups is 1. The average molecular weight is 377 g/mol. The number of carbonyl (C=O) groups excluding carboxylic acids is 1. The van der Waals surface area contributed by atoms with Crippen molar-refractivity contribution >= 4 is 11.7 Å². The summed E-state index contributed by atoms with van der Waals surface area (Å²) >= 11 is 0. The van der Waals surface area contributed by atoms with Gasteiger partial charge in [0.1, 0.15) is 23.1 Å². The summed E-state index contributed by atoms with van der Waals surface area (Å²) in [7, 11) is 1.65. The lowest BCUT2D eigenvalue weighted by Gasteiger charge is -2.10. The lowest BCUT2D eigenvalue weighted by atomic mass is 10.1. The van der Waals surface area contributed by atoms with Gasteiger partial charge in [0.05, 0.1) is 7.11 Å². The Morgan fingerprint density at radius 3 is 2.75 bits per heavy atom. The molecule has 0 saturated heterocycles. The van der Waals surface area contributed by atoms with Crippen LogP contribution in [-0.4, -0.2) is 34.5 Å². The molecule has 0 unspecified atom stereocenters. The summed E-state index contributed by atoms with van der Waals surface area (Å²) in [6, 6.07) is 13.3. The van der Waals surface area contributed by atoms with Crippen molar-refractivity contribution in [2.24, 2.45) is 0 Å². The molecule has 2 N–H and O–H groups in total. The Labute approximate surface area is 164 Å². The predicted octanol–water partition coefficient (Wildman–Crippen LogP) is 2.77. The zero-order chi connectivity index (χ0) is 19.8. The zero-order valence-corrected chi connectivity index (χ0v) is 16.0. The van der Waals surface area contributed by atoms with Crippen LogP contribution in [0.15, 0.2) is 54.9 Å². The van der Waals surface area contributed by atoms with E-state index in [1.807, 2.05) is 36.4 Å². The number of ether oxygens (including phenoxy) is 1. The highest BCUT2D eigenvalue weighted by Gasteiger charge is 2.10. The first-order chi connectivity index (χ1) is 13.6. The molecule has 0 aliphatic carbocycles. The summed E-state index contributed by atoms with van der Waals surface area (Å²) in [5, 5.41) is 6.11. The lowest BCUT2D eigenvalue weighted by molar-refractivity contribution is 0.0945. The highest BCUT2D eigenvalue weighted by molar-refractivity contribution is 5.92. The van der Waals surface area contributed by atoms with Crippen LogP contribution in [0.3, 0.4) is 0 Å². The Hall–Kier alpha value is -3.48. The minimum Gasteiger partial charge on any atom is -0.497 e. The number of aryl methyl sites for hydroxylation is 1. The van der Waals surface area contributed by atoms with Crippen LogP contribution in [0, 0.1) is 6.92 Å². The lowest BCUT2D eigenvalue weighted by Crippen LogP contribution is -2.24. The molecule has 1 amide bonds. The zero-order valence-electron chi connectivity index (χ0n) is 16.0. The molecule has 1 aromatic carbocycles. The molecule has 7 nitrogen and oxygen atoms in total. The molecule has 2 heterocycles. The number of hydrogen-bond donors (Lipinski definition) is 2. The van der Waals surface area contributed by atoms with Gasteiger partial charge in [-0.05, 0) is 42.7 Å². The van der Waals surface area contributed by atoms with E-state index in [1.54, 1.807) is 32.5 Å². The van der Waals surface area contributed by atoms with E-state index in [9.17, 15) is 4.79 Å². The summed E-state index contributed by atoms with van der Waals surface area (Å²) in [6.07, 6.45) is 4.22. The number of methoxy groups -OCH3 is 1. The van der Waals surface area contributed by atoms with Crippen LogP contribution in [0.25, 0.3) is 0 Å². The van der Waals surface area contributed by atoms with E-state index in [2.05, 4.69) is 25.6 Å². The van der Waals surface area contributed by atoms with E-state index < -0.39 is 0 Å². The third kappa shape index (κ3) is 5.51. The van der Waals surface area contributed by atoms with Gasteiger partial charge < -0.3 is 15.4 Å². The number of rotatable bonds is 8. The van der Waals surface area contributed by atoms with E-state index in [-0.39, 0.29) is 5.91 Å². The van der Waals surface area contributed by atoms with Crippen molar-refractivity contribution in [3.8, 4) is 5.75 Å². The van der Waals surface area contributed by atoms with Gasteiger partial charge in [0, 0.05) is 31.5 Å². The molecule has 7 heteroatoms. The molecule has 3 aromatic rings. The van der Waals surface area contributed by atoms with Crippen LogP contribution in [0.1, 0.15) is 27.4 Å². The number of amides is 1. The van der Waals surface area contributed by atoms with E-state index in [4.69, 9.17) is 4.74 Å². The SMILES string of the molecule is COc1cccc(CCNc2cc(C(=O)NCc3cccnc3)nc(C)n2)c1. The number of nitrogens with zero attached hydrogens (tertiary/aromatic N) is 3. The van der Waals surface area contributed by atoms with E-state index in [0.717, 1.165) is 23.3 Å². The van der Waals surface area contributed by atoms with Crippen molar-refractivity contribution in [3.63, 3.8) is 0 Å². The van der Waals surface area contributed by atoms with E-state index >= 15 is 0 Å². The third-order valence-corrected chi connectivity index (χ3v) is 4.10. The molecule has 0 radical (unpaired) electrons. The fraction of sp³-hybridized carbons (Fsp3) is 0.238. The fourth-order valence-electron chi connectivity index (χ4n) is 2.71. The minimum atomic E-state index is -0.245. The summed E-state index contributed by atoms with van der Waals surface area (Å²) in [6.45, 7) is 2.85. The fourth-order valence-corrected chi connectivity index (χ4v) is 2.71. The Bertz CT molecular complexity index is 931. The van der Waals surface area contributed by atoms with Gasteiger partial charge in [0.25, 0.3) is 5.91 Å². The number of benzene rings is 1. The normalized spacial score (nSPS) is 10.4. The number of anilines is 1. The third-order valence-electron chi connectivity index (χ3n) is 4.10. The quantitative estimate of drug-likeness (QED) is 0.627. The molecule has 3 rings (SSSR count). The minimum absolute atomic E-state index is 0.245. The van der Waals surface area contributed by atoms with Gasteiger partial charge in [-0.15, -0.1) is 0 Å². The number of nitrogens with one attached hydrogen (secondary N) is 2. The first-order valence-electron chi connectivity index (χ1n) is 9.03.